The van der Waals surface area contributed by atoms with Crippen molar-refractivity contribution in [1.29, 1.82) is 0 Å². The largest absolute Gasteiger partial charge is 0.480 e. The van der Waals surface area contributed by atoms with E-state index in [4.69, 9.17) is 4.74 Å². The number of ether oxygens (including phenoxy) is 1. The van der Waals surface area contributed by atoms with Gasteiger partial charge in [-0.15, -0.1) is 5.10 Å². The molecule has 0 bridgehead atoms. The maximum atomic E-state index is 11.8. The smallest absolute Gasteiger partial charge is 0.244 e. The fourth-order valence-electron chi connectivity index (χ4n) is 2.38. The Hall–Kier alpha value is -3.15. The maximum absolute atomic E-state index is 11.8. The third-order valence-corrected chi connectivity index (χ3v) is 3.53. The van der Waals surface area contributed by atoms with Crippen molar-refractivity contribution in [2.45, 2.75) is 0 Å². The van der Waals surface area contributed by atoms with Gasteiger partial charge in [-0.2, -0.15) is 0 Å². The molecule has 6 heteroatoms. The van der Waals surface area contributed by atoms with Crippen LogP contribution in [0.3, 0.4) is 0 Å². The maximum Gasteiger partial charge on any atom is 0.244 e. The lowest BCUT2D eigenvalue weighted by Gasteiger charge is -2.08. The summed E-state index contributed by atoms with van der Waals surface area (Å²) in [6.45, 7) is 0. The highest BCUT2D eigenvalue weighted by atomic mass is 16.5. The Kier molecular flexibility index (Phi) is 4.05. The molecule has 2 heterocycles. The Bertz CT molecular complexity index is 869. The lowest BCUT2D eigenvalue weighted by Crippen LogP contribution is -2.15. The van der Waals surface area contributed by atoms with Crippen molar-refractivity contribution >= 4 is 22.4 Å². The molecule has 0 aliphatic heterocycles. The number of aromatic nitrogens is 3. The van der Waals surface area contributed by atoms with Gasteiger partial charge in [0.2, 0.25) is 11.8 Å². The summed E-state index contributed by atoms with van der Waals surface area (Å²) < 4.78 is 5.20. The van der Waals surface area contributed by atoms with Crippen molar-refractivity contribution < 1.29 is 9.53 Å². The number of H-pyrrole nitrogens is 1. The molecule has 0 spiro atoms. The van der Waals surface area contributed by atoms with E-state index in [-0.39, 0.29) is 5.91 Å². The standard InChI is InChI=1S/C17H16N4O2/c1-18-16(22)9-14(12-4-3-7-19-10-12)11-5-6-13-15(8-11)20-21-17(13)23-2/h3-10H,1-2H3,(H,18,22)(H,20,21)/b14-9-. The first-order valence-electron chi connectivity index (χ1n) is 7.09. The first-order chi connectivity index (χ1) is 11.2. The van der Waals surface area contributed by atoms with Crippen molar-refractivity contribution in [3.8, 4) is 5.88 Å². The summed E-state index contributed by atoms with van der Waals surface area (Å²) in [5, 5.41) is 10.5. The Balaban J connectivity index is 2.13. The number of carbonyl (C=O) groups is 1. The number of nitrogens with zero attached hydrogens (tertiary/aromatic N) is 2. The van der Waals surface area contributed by atoms with E-state index in [1.807, 2.05) is 30.3 Å². The minimum atomic E-state index is -0.175. The van der Waals surface area contributed by atoms with Gasteiger partial charge < -0.3 is 10.1 Å². The van der Waals surface area contributed by atoms with Crippen LogP contribution in [0.15, 0.2) is 48.8 Å². The second-order valence-corrected chi connectivity index (χ2v) is 4.91. The number of aromatic amines is 1. The second kappa shape index (κ2) is 6.31. The number of benzene rings is 1. The minimum Gasteiger partial charge on any atom is -0.480 e. The van der Waals surface area contributed by atoms with Crippen molar-refractivity contribution in [2.75, 3.05) is 14.2 Å². The van der Waals surface area contributed by atoms with Crippen LogP contribution < -0.4 is 10.1 Å². The number of fused-ring (bicyclic) bond motifs is 1. The minimum absolute atomic E-state index is 0.175. The van der Waals surface area contributed by atoms with Gasteiger partial charge in [0.25, 0.3) is 0 Å². The van der Waals surface area contributed by atoms with Crippen molar-refractivity contribution in [3.63, 3.8) is 0 Å². The number of likely N-dealkylation sites (N-methyl/N-ethyl adjacent to an activating group) is 1. The van der Waals surface area contributed by atoms with Gasteiger partial charge in [0.05, 0.1) is 18.0 Å². The van der Waals surface area contributed by atoms with Crippen LogP contribution in [0.1, 0.15) is 11.1 Å². The summed E-state index contributed by atoms with van der Waals surface area (Å²) in [5.74, 6) is 0.371. The Morgan fingerprint density at radius 2 is 2.17 bits per heavy atom. The molecule has 6 nitrogen and oxygen atoms in total. The van der Waals surface area contributed by atoms with Crippen LogP contribution in [0.5, 0.6) is 5.88 Å². The molecule has 3 rings (SSSR count). The van der Waals surface area contributed by atoms with Gasteiger partial charge in [-0.1, -0.05) is 12.1 Å². The lowest BCUT2D eigenvalue weighted by atomic mass is 9.98. The highest BCUT2D eigenvalue weighted by Gasteiger charge is 2.11. The van der Waals surface area contributed by atoms with Crippen LogP contribution in [-0.4, -0.2) is 35.2 Å². The number of hydrogen-bond donors (Lipinski definition) is 2. The second-order valence-electron chi connectivity index (χ2n) is 4.91. The number of rotatable bonds is 4. The number of pyridine rings is 1. The van der Waals surface area contributed by atoms with Crippen LogP contribution in [-0.2, 0) is 4.79 Å². The van der Waals surface area contributed by atoms with E-state index in [1.54, 1.807) is 32.6 Å². The zero-order valence-corrected chi connectivity index (χ0v) is 12.8. The van der Waals surface area contributed by atoms with Crippen molar-refractivity contribution in [1.82, 2.24) is 20.5 Å². The molecule has 116 valence electrons. The molecule has 0 radical (unpaired) electrons. The molecule has 0 saturated carbocycles. The molecule has 2 aromatic heterocycles. The summed E-state index contributed by atoms with van der Waals surface area (Å²) >= 11 is 0. The van der Waals surface area contributed by atoms with Gasteiger partial charge in [-0.05, 0) is 29.3 Å². The SMILES string of the molecule is CNC(=O)/C=C(\c1cccnc1)c1ccc2c(OC)n[nH]c2c1. The average molecular weight is 308 g/mol. The quantitative estimate of drug-likeness (QED) is 0.724. The van der Waals surface area contributed by atoms with E-state index in [1.165, 1.54) is 0 Å². The van der Waals surface area contributed by atoms with E-state index in [0.717, 1.165) is 27.6 Å². The first-order valence-corrected chi connectivity index (χ1v) is 7.09. The third-order valence-electron chi connectivity index (χ3n) is 3.53. The van der Waals surface area contributed by atoms with E-state index in [0.29, 0.717) is 5.88 Å². The van der Waals surface area contributed by atoms with Crippen LogP contribution in [0, 0.1) is 0 Å². The van der Waals surface area contributed by atoms with E-state index >= 15 is 0 Å². The summed E-state index contributed by atoms with van der Waals surface area (Å²) in [7, 11) is 3.18. The van der Waals surface area contributed by atoms with Crippen molar-refractivity contribution in [2.24, 2.45) is 0 Å². The molecule has 0 aliphatic rings. The van der Waals surface area contributed by atoms with E-state index in [2.05, 4.69) is 20.5 Å². The average Bonchev–Trinajstić information content (AvgIpc) is 3.02. The van der Waals surface area contributed by atoms with Crippen LogP contribution in [0.25, 0.3) is 16.5 Å². The van der Waals surface area contributed by atoms with Gasteiger partial charge in [0.1, 0.15) is 0 Å². The predicted molar refractivity (Wildman–Crippen MR) is 88.0 cm³/mol. The molecule has 0 unspecified atom stereocenters. The highest BCUT2D eigenvalue weighted by Crippen LogP contribution is 2.28. The van der Waals surface area contributed by atoms with Gasteiger partial charge in [-0.3, -0.25) is 14.9 Å². The first kappa shape index (κ1) is 14.8. The van der Waals surface area contributed by atoms with Crippen molar-refractivity contribution in [3.05, 3.63) is 59.9 Å². The van der Waals surface area contributed by atoms with Crippen LogP contribution in [0.2, 0.25) is 0 Å². The lowest BCUT2D eigenvalue weighted by molar-refractivity contribution is -0.116. The highest BCUT2D eigenvalue weighted by molar-refractivity contribution is 6.00. The van der Waals surface area contributed by atoms with Crippen LogP contribution >= 0.6 is 0 Å². The molecule has 1 amide bonds. The fraction of sp³-hybridized carbons (Fsp3) is 0.118. The normalized spacial score (nSPS) is 11.5. The number of hydrogen-bond acceptors (Lipinski definition) is 4. The summed E-state index contributed by atoms with van der Waals surface area (Å²) in [4.78, 5) is 16.0. The number of amides is 1. The molecule has 0 fully saturated rings. The van der Waals surface area contributed by atoms with E-state index in [9.17, 15) is 4.79 Å². The fourth-order valence-corrected chi connectivity index (χ4v) is 2.38. The number of carbonyl (C=O) groups excluding carboxylic acids is 1. The molecule has 0 aliphatic carbocycles. The summed E-state index contributed by atoms with van der Waals surface area (Å²) in [6, 6.07) is 9.54. The molecular weight excluding hydrogens is 292 g/mol. The Morgan fingerprint density at radius 3 is 2.87 bits per heavy atom. The van der Waals surface area contributed by atoms with Gasteiger partial charge in [0.15, 0.2) is 0 Å². The van der Waals surface area contributed by atoms with Gasteiger partial charge in [-0.25, -0.2) is 0 Å². The molecule has 0 saturated heterocycles. The molecule has 2 N–H and O–H groups in total. The molecular formula is C17H16N4O2. The molecule has 0 atom stereocenters. The van der Waals surface area contributed by atoms with E-state index < -0.39 is 0 Å². The Morgan fingerprint density at radius 1 is 1.30 bits per heavy atom. The summed E-state index contributed by atoms with van der Waals surface area (Å²) in [5.41, 5.74) is 3.38. The number of nitrogens with one attached hydrogen (secondary N) is 2. The molecule has 1 aromatic carbocycles. The summed E-state index contributed by atoms with van der Waals surface area (Å²) in [6.07, 6.45) is 4.99. The van der Waals surface area contributed by atoms with Gasteiger partial charge >= 0.3 is 0 Å². The number of methoxy groups -OCH3 is 1. The molecule has 23 heavy (non-hydrogen) atoms. The zero-order valence-electron chi connectivity index (χ0n) is 12.8. The zero-order chi connectivity index (χ0) is 16.2. The van der Waals surface area contributed by atoms with Gasteiger partial charge in [0, 0.05) is 31.1 Å². The predicted octanol–water partition coefficient (Wildman–Crippen LogP) is 2.14. The monoisotopic (exact) mass is 308 g/mol. The molecule has 3 aromatic rings. The van der Waals surface area contributed by atoms with Crippen LogP contribution in [0.4, 0.5) is 0 Å². The topological polar surface area (TPSA) is 79.9 Å². The third kappa shape index (κ3) is 2.91. The Labute approximate surface area is 133 Å².